The Morgan fingerprint density at radius 3 is 2.92 bits per heavy atom. The number of hydrogen-bond donors (Lipinski definition) is 1. The molecule has 138 valence electrons. The summed E-state index contributed by atoms with van der Waals surface area (Å²) < 4.78 is 5.12. The molecule has 0 spiro atoms. The predicted octanol–water partition coefficient (Wildman–Crippen LogP) is 3.99. The van der Waals surface area contributed by atoms with Crippen LogP contribution in [0.1, 0.15) is 23.8 Å². The number of thiazole rings is 1. The summed E-state index contributed by atoms with van der Waals surface area (Å²) in [6.07, 6.45) is 1.83. The van der Waals surface area contributed by atoms with Gasteiger partial charge < -0.3 is 10.1 Å². The molecule has 1 atom stereocenters. The van der Waals surface area contributed by atoms with Crippen molar-refractivity contribution in [2.24, 2.45) is 0 Å². The monoisotopic (exact) mass is 391 g/mol. The molecule has 0 saturated heterocycles. The number of halogens is 1. The van der Waals surface area contributed by atoms with Crippen molar-refractivity contribution in [3.8, 4) is 0 Å². The van der Waals surface area contributed by atoms with Crippen molar-refractivity contribution in [1.82, 2.24) is 19.9 Å². The van der Waals surface area contributed by atoms with Crippen molar-refractivity contribution in [3.63, 3.8) is 0 Å². The zero-order chi connectivity index (χ0) is 18.5. The van der Waals surface area contributed by atoms with Crippen LogP contribution < -0.4 is 5.32 Å². The Hall–Kier alpha value is -1.80. The first-order chi connectivity index (χ1) is 12.6. The first-order valence-electron chi connectivity index (χ1n) is 8.37. The summed E-state index contributed by atoms with van der Waals surface area (Å²) in [5.41, 5.74) is 0.870. The van der Waals surface area contributed by atoms with Crippen LogP contribution >= 0.6 is 22.9 Å². The van der Waals surface area contributed by atoms with Gasteiger partial charge in [0.15, 0.2) is 0 Å². The van der Waals surface area contributed by atoms with E-state index >= 15 is 0 Å². The number of fused-ring (bicyclic) bond motifs is 1. The topological polar surface area (TPSA) is 63.2 Å². The van der Waals surface area contributed by atoms with Gasteiger partial charge in [-0.1, -0.05) is 11.6 Å². The van der Waals surface area contributed by atoms with Crippen LogP contribution in [0, 0.1) is 0 Å². The molecule has 26 heavy (non-hydrogen) atoms. The fourth-order valence-corrected chi connectivity index (χ4v) is 3.55. The van der Waals surface area contributed by atoms with Crippen LogP contribution in [0.15, 0.2) is 29.8 Å². The fourth-order valence-electron chi connectivity index (χ4n) is 2.62. The number of benzene rings is 1. The average molecular weight is 392 g/mol. The molecule has 1 aromatic carbocycles. The lowest BCUT2D eigenvalue weighted by molar-refractivity contribution is 0.210. The molecule has 0 fully saturated rings. The van der Waals surface area contributed by atoms with E-state index in [4.69, 9.17) is 26.3 Å². The van der Waals surface area contributed by atoms with E-state index in [1.165, 1.54) is 0 Å². The number of methoxy groups -OCH3 is 1. The van der Waals surface area contributed by atoms with Gasteiger partial charge in [0.2, 0.25) is 0 Å². The van der Waals surface area contributed by atoms with Crippen LogP contribution in [-0.4, -0.2) is 47.2 Å². The zero-order valence-corrected chi connectivity index (χ0v) is 16.6. The molecular weight excluding hydrogens is 370 g/mol. The minimum atomic E-state index is 0.199. The van der Waals surface area contributed by atoms with Crippen LogP contribution in [-0.2, 0) is 11.3 Å². The lowest BCUT2D eigenvalue weighted by atomic mass is 10.2. The molecule has 2 aromatic heterocycles. The Kier molecular flexibility index (Phi) is 6.37. The van der Waals surface area contributed by atoms with E-state index in [0.29, 0.717) is 24.7 Å². The van der Waals surface area contributed by atoms with Gasteiger partial charge in [0.1, 0.15) is 16.6 Å². The van der Waals surface area contributed by atoms with Crippen LogP contribution in [0.2, 0.25) is 5.02 Å². The molecule has 0 aliphatic rings. The SMILES string of the molecule is COCCNc1nc(CN(C)C(C)c2nccs2)nc2ccc(Cl)cc12. The number of rotatable bonds is 8. The Balaban J connectivity index is 1.86. The summed E-state index contributed by atoms with van der Waals surface area (Å²) in [4.78, 5) is 16.0. The predicted molar refractivity (Wildman–Crippen MR) is 107 cm³/mol. The first-order valence-corrected chi connectivity index (χ1v) is 9.63. The fraction of sp³-hybridized carbons (Fsp3) is 0.389. The maximum Gasteiger partial charge on any atom is 0.145 e. The minimum Gasteiger partial charge on any atom is -0.383 e. The number of anilines is 1. The lowest BCUT2D eigenvalue weighted by Gasteiger charge is -2.22. The Labute approximate surface area is 162 Å². The van der Waals surface area contributed by atoms with Gasteiger partial charge in [0, 0.05) is 35.6 Å². The summed E-state index contributed by atoms with van der Waals surface area (Å²) in [6.45, 7) is 4.03. The summed E-state index contributed by atoms with van der Waals surface area (Å²) in [5, 5.41) is 7.97. The molecule has 0 bridgehead atoms. The van der Waals surface area contributed by atoms with Gasteiger partial charge in [-0.3, -0.25) is 4.90 Å². The van der Waals surface area contributed by atoms with Gasteiger partial charge in [-0.15, -0.1) is 11.3 Å². The highest BCUT2D eigenvalue weighted by Gasteiger charge is 2.17. The smallest absolute Gasteiger partial charge is 0.145 e. The molecular formula is C18H22ClN5OS. The second-order valence-corrected chi connectivity index (χ2v) is 7.39. The maximum atomic E-state index is 6.15. The Morgan fingerprint density at radius 1 is 1.35 bits per heavy atom. The standard InChI is InChI=1S/C18H22ClN5OS/c1-12(18-21-7-9-26-18)24(2)11-16-22-15-5-4-13(19)10-14(15)17(23-16)20-6-8-25-3/h4-5,7,9-10,12H,6,8,11H2,1-3H3,(H,20,22,23). The third-order valence-electron chi connectivity index (χ3n) is 4.16. The van der Waals surface area contributed by atoms with E-state index in [1.54, 1.807) is 18.4 Å². The lowest BCUT2D eigenvalue weighted by Crippen LogP contribution is -2.23. The molecule has 8 heteroatoms. The molecule has 0 saturated carbocycles. The summed E-state index contributed by atoms with van der Waals surface area (Å²) in [6, 6.07) is 5.86. The molecule has 0 aliphatic heterocycles. The molecule has 1 N–H and O–H groups in total. The molecule has 1 unspecified atom stereocenters. The van der Waals surface area contributed by atoms with E-state index < -0.39 is 0 Å². The van der Waals surface area contributed by atoms with Gasteiger partial charge in [0.25, 0.3) is 0 Å². The largest absolute Gasteiger partial charge is 0.383 e. The Morgan fingerprint density at radius 2 is 2.19 bits per heavy atom. The van der Waals surface area contributed by atoms with E-state index in [2.05, 4.69) is 29.2 Å². The van der Waals surface area contributed by atoms with Gasteiger partial charge in [-0.2, -0.15) is 0 Å². The third-order valence-corrected chi connectivity index (χ3v) is 5.34. The summed E-state index contributed by atoms with van der Waals surface area (Å²) >= 11 is 7.81. The highest BCUT2D eigenvalue weighted by Crippen LogP contribution is 2.26. The number of aromatic nitrogens is 3. The minimum absolute atomic E-state index is 0.199. The second kappa shape index (κ2) is 8.73. The molecule has 0 amide bonds. The van der Waals surface area contributed by atoms with Gasteiger partial charge in [0.05, 0.1) is 24.7 Å². The van der Waals surface area contributed by atoms with E-state index in [1.807, 2.05) is 29.8 Å². The number of hydrogen-bond acceptors (Lipinski definition) is 7. The highest BCUT2D eigenvalue weighted by atomic mass is 35.5. The van der Waals surface area contributed by atoms with Crippen molar-refractivity contribution in [2.75, 3.05) is 32.6 Å². The van der Waals surface area contributed by atoms with Crippen molar-refractivity contribution >= 4 is 39.7 Å². The summed E-state index contributed by atoms with van der Waals surface area (Å²) in [7, 11) is 3.73. The second-order valence-electron chi connectivity index (χ2n) is 6.03. The van der Waals surface area contributed by atoms with Crippen molar-refractivity contribution in [2.45, 2.75) is 19.5 Å². The first kappa shape index (κ1) is 19.0. The summed E-state index contributed by atoms with van der Waals surface area (Å²) in [5.74, 6) is 1.53. The van der Waals surface area contributed by atoms with Crippen molar-refractivity contribution in [1.29, 1.82) is 0 Å². The van der Waals surface area contributed by atoms with Crippen LogP contribution in [0.25, 0.3) is 10.9 Å². The van der Waals surface area contributed by atoms with Crippen molar-refractivity contribution < 1.29 is 4.74 Å². The Bertz CT molecular complexity index is 858. The molecule has 0 aliphatic carbocycles. The maximum absolute atomic E-state index is 6.15. The average Bonchev–Trinajstić information content (AvgIpc) is 3.16. The van der Waals surface area contributed by atoms with E-state index in [9.17, 15) is 0 Å². The van der Waals surface area contributed by atoms with Crippen molar-refractivity contribution in [3.05, 3.63) is 45.6 Å². The van der Waals surface area contributed by atoms with Gasteiger partial charge >= 0.3 is 0 Å². The molecule has 3 aromatic rings. The normalized spacial score (nSPS) is 12.7. The third kappa shape index (κ3) is 4.48. The van der Waals surface area contributed by atoms with Gasteiger partial charge in [-0.25, -0.2) is 15.0 Å². The van der Waals surface area contributed by atoms with E-state index in [0.717, 1.165) is 27.6 Å². The molecule has 6 nitrogen and oxygen atoms in total. The number of nitrogens with zero attached hydrogens (tertiary/aromatic N) is 4. The van der Waals surface area contributed by atoms with Crippen LogP contribution in [0.4, 0.5) is 5.82 Å². The number of ether oxygens (including phenoxy) is 1. The molecule has 2 heterocycles. The number of nitrogens with one attached hydrogen (secondary N) is 1. The van der Waals surface area contributed by atoms with Crippen LogP contribution in [0.5, 0.6) is 0 Å². The zero-order valence-electron chi connectivity index (χ0n) is 15.1. The molecule has 0 radical (unpaired) electrons. The highest BCUT2D eigenvalue weighted by molar-refractivity contribution is 7.09. The van der Waals surface area contributed by atoms with Gasteiger partial charge in [-0.05, 0) is 32.2 Å². The molecule has 3 rings (SSSR count). The van der Waals surface area contributed by atoms with Crippen LogP contribution in [0.3, 0.4) is 0 Å². The quantitative estimate of drug-likeness (QED) is 0.586. The van der Waals surface area contributed by atoms with E-state index in [-0.39, 0.29) is 6.04 Å².